The van der Waals surface area contributed by atoms with E-state index in [9.17, 15) is 13.2 Å². The van der Waals surface area contributed by atoms with Crippen LogP contribution in [-0.2, 0) is 21.2 Å². The Morgan fingerprint density at radius 3 is 2.74 bits per heavy atom. The number of sulfonamides is 1. The summed E-state index contributed by atoms with van der Waals surface area (Å²) in [5.41, 5.74) is 0.902. The fourth-order valence-electron chi connectivity index (χ4n) is 2.11. The van der Waals surface area contributed by atoms with Crippen molar-refractivity contribution in [2.24, 2.45) is 0 Å². The first-order valence-corrected chi connectivity index (χ1v) is 8.63. The number of rotatable bonds is 7. The Balaban J connectivity index is 2.02. The highest BCUT2D eigenvalue weighted by Gasteiger charge is 2.18. The molecule has 2 aromatic rings. The molecule has 2 rings (SSSR count). The normalized spacial score (nSPS) is 11.4. The maximum Gasteiger partial charge on any atom is 0.338 e. The third-order valence-electron chi connectivity index (χ3n) is 3.40. The van der Waals surface area contributed by atoms with Gasteiger partial charge in [0.1, 0.15) is 5.76 Å². The molecule has 0 aliphatic heterocycles. The molecule has 0 aliphatic rings. The molecule has 0 amide bonds. The topological polar surface area (TPSA) is 85.6 Å². The molecule has 0 bridgehead atoms. The van der Waals surface area contributed by atoms with E-state index in [-0.39, 0.29) is 17.0 Å². The number of carbonyl (C=O) groups is 1. The van der Waals surface area contributed by atoms with Crippen LogP contribution in [0.4, 0.5) is 0 Å². The third-order valence-corrected chi connectivity index (χ3v) is 4.86. The summed E-state index contributed by atoms with van der Waals surface area (Å²) in [4.78, 5) is 11.7. The van der Waals surface area contributed by atoms with Gasteiger partial charge in [-0.2, -0.15) is 0 Å². The number of esters is 1. The summed E-state index contributed by atoms with van der Waals surface area (Å²) in [6.45, 7) is 2.00. The second-order valence-electron chi connectivity index (χ2n) is 5.05. The summed E-state index contributed by atoms with van der Waals surface area (Å²) in [6.07, 6.45) is 2.85. The number of hydrogen-bond donors (Lipinski definition) is 1. The van der Waals surface area contributed by atoms with Gasteiger partial charge in [0.2, 0.25) is 10.0 Å². The van der Waals surface area contributed by atoms with Crippen LogP contribution in [0, 0.1) is 6.92 Å². The zero-order valence-electron chi connectivity index (χ0n) is 13.0. The van der Waals surface area contributed by atoms with E-state index < -0.39 is 16.0 Å². The predicted molar refractivity (Wildman–Crippen MR) is 84.7 cm³/mol. The molecule has 0 aliphatic carbocycles. The van der Waals surface area contributed by atoms with Crippen LogP contribution in [0.25, 0.3) is 0 Å². The first kappa shape index (κ1) is 17.2. The number of nitrogens with one attached hydrogen (secondary N) is 1. The molecule has 0 radical (unpaired) electrons. The number of furan rings is 1. The van der Waals surface area contributed by atoms with E-state index >= 15 is 0 Å². The van der Waals surface area contributed by atoms with Crippen molar-refractivity contribution in [2.75, 3.05) is 13.7 Å². The number of methoxy groups -OCH3 is 1. The van der Waals surface area contributed by atoms with Crippen LogP contribution in [-0.4, -0.2) is 28.0 Å². The van der Waals surface area contributed by atoms with Gasteiger partial charge < -0.3 is 9.15 Å². The molecule has 6 nitrogen and oxygen atoms in total. The minimum atomic E-state index is -3.67. The zero-order valence-corrected chi connectivity index (χ0v) is 13.9. The standard InChI is InChI=1S/C16H19NO5S/c1-12-7-8-14(11-15(12)16(18)21-2)23(19,20)17-9-3-5-13-6-4-10-22-13/h4,6-8,10-11,17H,3,5,9H2,1-2H3. The Morgan fingerprint density at radius 2 is 2.09 bits per heavy atom. The second-order valence-corrected chi connectivity index (χ2v) is 6.82. The van der Waals surface area contributed by atoms with Gasteiger partial charge in [-0.25, -0.2) is 17.9 Å². The summed E-state index contributed by atoms with van der Waals surface area (Å²) >= 11 is 0. The lowest BCUT2D eigenvalue weighted by molar-refractivity contribution is 0.0599. The van der Waals surface area contributed by atoms with Crippen LogP contribution in [0.3, 0.4) is 0 Å². The SMILES string of the molecule is COC(=O)c1cc(S(=O)(=O)NCCCc2ccco2)ccc1C. The van der Waals surface area contributed by atoms with Crippen LogP contribution in [0.2, 0.25) is 0 Å². The molecule has 1 aromatic carbocycles. The van der Waals surface area contributed by atoms with Crippen molar-refractivity contribution in [3.8, 4) is 0 Å². The quantitative estimate of drug-likeness (QED) is 0.619. The molecule has 1 aromatic heterocycles. The Labute approximate surface area is 135 Å². The largest absolute Gasteiger partial charge is 0.469 e. The van der Waals surface area contributed by atoms with Crippen molar-refractivity contribution >= 4 is 16.0 Å². The predicted octanol–water partition coefficient (Wildman–Crippen LogP) is 2.29. The number of benzene rings is 1. The van der Waals surface area contributed by atoms with E-state index in [1.165, 1.54) is 19.2 Å². The minimum Gasteiger partial charge on any atom is -0.469 e. The first-order chi connectivity index (χ1) is 10.9. The van der Waals surface area contributed by atoms with Crippen LogP contribution in [0.15, 0.2) is 45.9 Å². The third kappa shape index (κ3) is 4.43. The fraction of sp³-hybridized carbons (Fsp3) is 0.312. The molecule has 0 fully saturated rings. The summed E-state index contributed by atoms with van der Waals surface area (Å²) in [5.74, 6) is 0.255. The Hall–Kier alpha value is -2.12. The summed E-state index contributed by atoms with van der Waals surface area (Å²) in [6, 6.07) is 8.02. The molecule has 0 unspecified atom stereocenters. The van der Waals surface area contributed by atoms with E-state index in [0.29, 0.717) is 18.4 Å². The molecule has 23 heavy (non-hydrogen) atoms. The average Bonchev–Trinajstić information content (AvgIpc) is 3.04. The highest BCUT2D eigenvalue weighted by molar-refractivity contribution is 7.89. The highest BCUT2D eigenvalue weighted by atomic mass is 32.2. The van der Waals surface area contributed by atoms with Crippen molar-refractivity contribution in [3.05, 3.63) is 53.5 Å². The Bertz CT molecular complexity index is 766. The Morgan fingerprint density at radius 1 is 1.30 bits per heavy atom. The molecule has 1 heterocycles. The highest BCUT2D eigenvalue weighted by Crippen LogP contribution is 2.16. The van der Waals surface area contributed by atoms with Crippen LogP contribution < -0.4 is 4.72 Å². The summed E-state index contributed by atoms with van der Waals surface area (Å²) in [7, 11) is -2.41. The molecule has 0 spiro atoms. The van der Waals surface area contributed by atoms with Crippen molar-refractivity contribution in [2.45, 2.75) is 24.7 Å². The monoisotopic (exact) mass is 337 g/mol. The molecular formula is C16H19NO5S. The van der Waals surface area contributed by atoms with Gasteiger partial charge in [0.05, 0.1) is 23.8 Å². The molecule has 7 heteroatoms. The van der Waals surface area contributed by atoms with Gasteiger partial charge in [0, 0.05) is 13.0 Å². The smallest absolute Gasteiger partial charge is 0.338 e. The lowest BCUT2D eigenvalue weighted by atomic mass is 10.1. The number of ether oxygens (including phenoxy) is 1. The fourth-order valence-corrected chi connectivity index (χ4v) is 3.21. The zero-order chi connectivity index (χ0) is 16.9. The molecule has 0 saturated heterocycles. The van der Waals surface area contributed by atoms with E-state index in [1.807, 2.05) is 6.07 Å². The molecule has 1 N–H and O–H groups in total. The van der Waals surface area contributed by atoms with Crippen LogP contribution in [0.1, 0.15) is 28.1 Å². The average molecular weight is 337 g/mol. The van der Waals surface area contributed by atoms with Crippen molar-refractivity contribution in [3.63, 3.8) is 0 Å². The Kier molecular flexibility index (Phi) is 5.57. The van der Waals surface area contributed by atoms with Gasteiger partial charge in [0.25, 0.3) is 0 Å². The van der Waals surface area contributed by atoms with Gasteiger partial charge in [-0.05, 0) is 43.2 Å². The van der Waals surface area contributed by atoms with Gasteiger partial charge in [-0.15, -0.1) is 0 Å². The number of aryl methyl sites for hydroxylation is 2. The van der Waals surface area contributed by atoms with E-state index in [1.54, 1.807) is 25.3 Å². The minimum absolute atomic E-state index is 0.0431. The lowest BCUT2D eigenvalue weighted by Crippen LogP contribution is -2.25. The van der Waals surface area contributed by atoms with Gasteiger partial charge >= 0.3 is 5.97 Å². The number of carbonyl (C=O) groups excluding carboxylic acids is 1. The summed E-state index contributed by atoms with van der Waals surface area (Å²) in [5, 5.41) is 0. The van der Waals surface area contributed by atoms with Crippen molar-refractivity contribution < 1.29 is 22.4 Å². The maximum atomic E-state index is 12.3. The summed E-state index contributed by atoms with van der Waals surface area (Å²) < 4.78 is 36.9. The molecular weight excluding hydrogens is 318 g/mol. The number of hydrogen-bond acceptors (Lipinski definition) is 5. The van der Waals surface area contributed by atoms with E-state index in [4.69, 9.17) is 4.42 Å². The van der Waals surface area contributed by atoms with E-state index in [2.05, 4.69) is 9.46 Å². The van der Waals surface area contributed by atoms with Crippen LogP contribution in [0.5, 0.6) is 0 Å². The van der Waals surface area contributed by atoms with Crippen molar-refractivity contribution in [1.29, 1.82) is 0 Å². The van der Waals surface area contributed by atoms with E-state index in [0.717, 1.165) is 5.76 Å². The molecule has 0 atom stereocenters. The van der Waals surface area contributed by atoms with Gasteiger partial charge in [-0.1, -0.05) is 6.07 Å². The first-order valence-electron chi connectivity index (χ1n) is 7.15. The second kappa shape index (κ2) is 7.43. The van der Waals surface area contributed by atoms with Crippen LogP contribution >= 0.6 is 0 Å². The molecule has 0 saturated carbocycles. The molecule has 124 valence electrons. The van der Waals surface area contributed by atoms with Gasteiger partial charge in [0.15, 0.2) is 0 Å². The maximum absolute atomic E-state index is 12.3. The van der Waals surface area contributed by atoms with Crippen molar-refractivity contribution in [1.82, 2.24) is 4.72 Å². The van der Waals surface area contributed by atoms with Gasteiger partial charge in [-0.3, -0.25) is 0 Å². The lowest BCUT2D eigenvalue weighted by Gasteiger charge is -2.09.